The van der Waals surface area contributed by atoms with Gasteiger partial charge < -0.3 is 9.64 Å². The molecule has 0 aliphatic carbocycles. The number of ether oxygens (including phenoxy) is 1. The Balaban J connectivity index is 1.85. The van der Waals surface area contributed by atoms with Gasteiger partial charge in [-0.25, -0.2) is 8.42 Å². The average molecular weight is 457 g/mol. The number of carbonyl (C=O) groups excluding carboxylic acids is 1. The molecular weight excluding hydrogens is 432 g/mol. The minimum Gasteiger partial charge on any atom is -0.496 e. The lowest BCUT2D eigenvalue weighted by Gasteiger charge is -2.30. The van der Waals surface area contributed by atoms with Gasteiger partial charge >= 0.3 is 0 Å². The number of anilines is 1. The van der Waals surface area contributed by atoms with Crippen LogP contribution in [0, 0.1) is 5.92 Å². The van der Waals surface area contributed by atoms with Gasteiger partial charge in [-0.2, -0.15) is 0 Å². The second-order valence-electron chi connectivity index (χ2n) is 6.75. The number of carbonyl (C=O) groups is 1. The zero-order valence-electron chi connectivity index (χ0n) is 16.5. The third-order valence-corrected chi connectivity index (χ3v) is 8.00. The van der Waals surface area contributed by atoms with Crippen molar-refractivity contribution in [2.24, 2.45) is 5.92 Å². The quantitative estimate of drug-likeness (QED) is 0.638. The number of hydrogen-bond donors (Lipinski definition) is 1. The van der Waals surface area contributed by atoms with Crippen LogP contribution in [0.5, 0.6) is 5.75 Å². The number of sulfonamides is 1. The molecule has 1 N–H and O–H groups in total. The van der Waals surface area contributed by atoms with E-state index in [0.717, 1.165) is 18.6 Å². The predicted octanol–water partition coefficient (Wildman–Crippen LogP) is 3.33. The van der Waals surface area contributed by atoms with Crippen LogP contribution in [0.15, 0.2) is 27.4 Å². The van der Waals surface area contributed by atoms with E-state index in [0.29, 0.717) is 29.1 Å². The lowest BCUT2D eigenvalue weighted by atomic mass is 9.98. The van der Waals surface area contributed by atoms with Crippen LogP contribution in [0.4, 0.5) is 5.13 Å². The summed E-state index contributed by atoms with van der Waals surface area (Å²) in [5, 5.41) is 8.01. The molecule has 158 valence electrons. The summed E-state index contributed by atoms with van der Waals surface area (Å²) in [6.45, 7) is 5.45. The molecule has 2 aromatic rings. The van der Waals surface area contributed by atoms with Gasteiger partial charge in [0.2, 0.25) is 5.13 Å². The summed E-state index contributed by atoms with van der Waals surface area (Å²) < 4.78 is 34.1. The summed E-state index contributed by atoms with van der Waals surface area (Å²) in [6.07, 6.45) is 1.87. The Labute approximate surface area is 179 Å². The van der Waals surface area contributed by atoms with Crippen molar-refractivity contribution in [2.45, 2.75) is 35.9 Å². The molecule has 1 aromatic heterocycles. The number of aromatic nitrogens is 2. The van der Waals surface area contributed by atoms with E-state index in [1.807, 2.05) is 6.92 Å². The van der Waals surface area contributed by atoms with Gasteiger partial charge in [0.15, 0.2) is 4.34 Å². The maximum absolute atomic E-state index is 13.0. The number of amides is 1. The SMILES string of the molecule is CCSc1nnc(NS(=O)(=O)c2ccc(OC)c(C(=O)N3CCC(C)CC3)c2)s1. The monoisotopic (exact) mass is 456 g/mol. The molecule has 1 saturated heterocycles. The highest BCUT2D eigenvalue weighted by molar-refractivity contribution is 8.01. The fourth-order valence-electron chi connectivity index (χ4n) is 3.01. The van der Waals surface area contributed by atoms with E-state index in [-0.39, 0.29) is 21.5 Å². The lowest BCUT2D eigenvalue weighted by Crippen LogP contribution is -2.38. The van der Waals surface area contributed by atoms with Crippen molar-refractivity contribution in [2.75, 3.05) is 30.7 Å². The molecule has 1 aliphatic heterocycles. The van der Waals surface area contributed by atoms with Gasteiger partial charge in [-0.1, -0.05) is 36.9 Å². The molecule has 1 amide bonds. The van der Waals surface area contributed by atoms with Crippen molar-refractivity contribution < 1.29 is 17.9 Å². The number of likely N-dealkylation sites (tertiary alicyclic amines) is 1. The van der Waals surface area contributed by atoms with E-state index in [1.54, 1.807) is 4.90 Å². The van der Waals surface area contributed by atoms with Gasteiger partial charge in [-0.15, -0.1) is 10.2 Å². The van der Waals surface area contributed by atoms with E-state index in [9.17, 15) is 13.2 Å². The Hall–Kier alpha value is -1.85. The first kappa shape index (κ1) is 21.8. The molecule has 1 aromatic carbocycles. The molecule has 1 fully saturated rings. The molecule has 0 unspecified atom stereocenters. The van der Waals surface area contributed by atoms with Crippen LogP contribution in [0.25, 0.3) is 0 Å². The number of hydrogen-bond acceptors (Lipinski definition) is 8. The fraction of sp³-hybridized carbons (Fsp3) is 0.500. The number of nitrogens with zero attached hydrogens (tertiary/aromatic N) is 3. The van der Waals surface area contributed by atoms with E-state index >= 15 is 0 Å². The van der Waals surface area contributed by atoms with Gasteiger partial charge in [0.1, 0.15) is 5.75 Å². The molecule has 2 heterocycles. The first-order valence-electron chi connectivity index (χ1n) is 9.30. The lowest BCUT2D eigenvalue weighted by molar-refractivity contribution is 0.0693. The minimum atomic E-state index is -3.91. The number of benzene rings is 1. The van der Waals surface area contributed by atoms with E-state index < -0.39 is 10.0 Å². The summed E-state index contributed by atoms with van der Waals surface area (Å²) >= 11 is 2.66. The topological polar surface area (TPSA) is 101 Å². The van der Waals surface area contributed by atoms with Crippen LogP contribution in [0.3, 0.4) is 0 Å². The molecule has 8 nitrogen and oxygen atoms in total. The van der Waals surface area contributed by atoms with Crippen LogP contribution in [-0.4, -0.2) is 55.4 Å². The fourth-order valence-corrected chi connectivity index (χ4v) is 5.91. The highest BCUT2D eigenvalue weighted by Crippen LogP contribution is 2.29. The Morgan fingerprint density at radius 1 is 1.34 bits per heavy atom. The van der Waals surface area contributed by atoms with Gasteiger partial charge in [0.25, 0.3) is 15.9 Å². The highest BCUT2D eigenvalue weighted by Gasteiger charge is 2.26. The molecule has 0 spiro atoms. The molecule has 3 rings (SSSR count). The molecular formula is C18H24N4O4S3. The summed E-state index contributed by atoms with van der Waals surface area (Å²) in [4.78, 5) is 14.7. The molecule has 0 radical (unpaired) electrons. The summed E-state index contributed by atoms with van der Waals surface area (Å²) in [6, 6.07) is 4.29. The van der Waals surface area contributed by atoms with Crippen LogP contribution in [0.2, 0.25) is 0 Å². The van der Waals surface area contributed by atoms with E-state index in [2.05, 4.69) is 21.8 Å². The number of rotatable bonds is 7. The largest absolute Gasteiger partial charge is 0.496 e. The minimum absolute atomic E-state index is 0.0214. The first-order chi connectivity index (χ1) is 13.8. The van der Waals surface area contributed by atoms with Crippen molar-refractivity contribution in [3.05, 3.63) is 23.8 Å². The maximum atomic E-state index is 13.0. The zero-order chi connectivity index (χ0) is 21.0. The van der Waals surface area contributed by atoms with Crippen molar-refractivity contribution in [1.29, 1.82) is 0 Å². The molecule has 11 heteroatoms. The standard InChI is InChI=1S/C18H24N4O4S3/c1-4-27-18-20-19-17(28-18)21-29(24,25)13-5-6-15(26-3)14(11-13)16(23)22-9-7-12(2)8-10-22/h5-6,11-12H,4,7-10H2,1-3H3,(H,19,21). The Morgan fingerprint density at radius 3 is 2.72 bits per heavy atom. The van der Waals surface area contributed by atoms with Gasteiger partial charge in [0, 0.05) is 13.1 Å². The van der Waals surface area contributed by atoms with Crippen molar-refractivity contribution in [1.82, 2.24) is 15.1 Å². The van der Waals surface area contributed by atoms with E-state index in [4.69, 9.17) is 4.74 Å². The summed E-state index contributed by atoms with van der Waals surface area (Å²) in [5.74, 6) is 1.54. The second kappa shape index (κ2) is 9.31. The second-order valence-corrected chi connectivity index (χ2v) is 10.9. The number of nitrogens with one attached hydrogen (secondary N) is 1. The van der Waals surface area contributed by atoms with Crippen molar-refractivity contribution in [3.8, 4) is 5.75 Å². The van der Waals surface area contributed by atoms with E-state index in [1.165, 1.54) is 48.4 Å². The molecule has 0 atom stereocenters. The number of thioether (sulfide) groups is 1. The van der Waals surface area contributed by atoms with Crippen LogP contribution >= 0.6 is 23.1 Å². The van der Waals surface area contributed by atoms with Gasteiger partial charge in [-0.05, 0) is 42.7 Å². The normalized spacial score (nSPS) is 15.3. The first-order valence-corrected chi connectivity index (χ1v) is 12.6. The summed E-state index contributed by atoms with van der Waals surface area (Å²) in [7, 11) is -2.45. The van der Waals surface area contributed by atoms with Crippen molar-refractivity contribution in [3.63, 3.8) is 0 Å². The zero-order valence-corrected chi connectivity index (χ0v) is 19.0. The molecule has 1 aliphatic rings. The molecule has 0 bridgehead atoms. The van der Waals surface area contributed by atoms with Gasteiger partial charge in [-0.3, -0.25) is 9.52 Å². The maximum Gasteiger partial charge on any atom is 0.263 e. The molecule has 0 saturated carbocycles. The van der Waals surface area contributed by atoms with Crippen molar-refractivity contribution >= 4 is 44.2 Å². The predicted molar refractivity (Wildman–Crippen MR) is 114 cm³/mol. The smallest absolute Gasteiger partial charge is 0.263 e. The number of methoxy groups -OCH3 is 1. The third kappa shape index (κ3) is 5.20. The third-order valence-electron chi connectivity index (χ3n) is 4.68. The number of piperidine rings is 1. The van der Waals surface area contributed by atoms with Gasteiger partial charge in [0.05, 0.1) is 17.6 Å². The summed E-state index contributed by atoms with van der Waals surface area (Å²) in [5.41, 5.74) is 0.240. The highest BCUT2D eigenvalue weighted by atomic mass is 32.2. The Morgan fingerprint density at radius 2 is 2.07 bits per heavy atom. The Kier molecular flexibility index (Phi) is 7.01. The molecule has 29 heavy (non-hydrogen) atoms. The van der Waals surface area contributed by atoms with Crippen LogP contribution < -0.4 is 9.46 Å². The van der Waals surface area contributed by atoms with Crippen LogP contribution in [-0.2, 0) is 10.0 Å². The van der Waals surface area contributed by atoms with Crippen LogP contribution in [0.1, 0.15) is 37.0 Å². The average Bonchev–Trinajstić information content (AvgIpc) is 3.14. The Bertz CT molecular complexity index is 969.